The van der Waals surface area contributed by atoms with E-state index in [1.807, 2.05) is 25.1 Å². The molecule has 1 aliphatic heterocycles. The van der Waals surface area contributed by atoms with E-state index in [0.717, 1.165) is 17.0 Å². The van der Waals surface area contributed by atoms with Crippen molar-refractivity contribution in [1.29, 1.82) is 0 Å². The Hall–Kier alpha value is -2.54. The Kier molecular flexibility index (Phi) is 5.23. The summed E-state index contributed by atoms with van der Waals surface area (Å²) in [6.45, 7) is 4.57. The van der Waals surface area contributed by atoms with Crippen molar-refractivity contribution in [2.75, 3.05) is 38.6 Å². The smallest absolute Gasteiger partial charge is 0.289 e. The lowest BCUT2D eigenvalue weighted by Crippen LogP contribution is -2.51. The van der Waals surface area contributed by atoms with Crippen LogP contribution in [0.2, 0.25) is 0 Å². The van der Waals surface area contributed by atoms with Crippen LogP contribution in [0.1, 0.15) is 16.1 Å². The van der Waals surface area contributed by atoms with Gasteiger partial charge in [-0.15, -0.1) is 0 Å². The molecule has 1 aromatic carbocycles. The highest BCUT2D eigenvalue weighted by atomic mass is 32.1. The molecule has 1 fully saturated rings. The lowest BCUT2D eigenvalue weighted by Gasteiger charge is -2.36. The van der Waals surface area contributed by atoms with E-state index < -0.39 is 0 Å². The molecule has 7 heteroatoms. The number of rotatable bonds is 3. The van der Waals surface area contributed by atoms with E-state index in [4.69, 9.17) is 21.4 Å². The fraction of sp³-hybridized carbons (Fsp3) is 0.333. The summed E-state index contributed by atoms with van der Waals surface area (Å²) < 4.78 is 10.6. The van der Waals surface area contributed by atoms with Crippen molar-refractivity contribution in [3.8, 4) is 5.75 Å². The summed E-state index contributed by atoms with van der Waals surface area (Å²) in [5.74, 6) is 1.04. The van der Waals surface area contributed by atoms with Crippen molar-refractivity contribution in [1.82, 2.24) is 9.80 Å². The van der Waals surface area contributed by atoms with Crippen LogP contribution in [0.25, 0.3) is 0 Å². The molecule has 0 aliphatic carbocycles. The molecule has 0 spiro atoms. The molecule has 25 heavy (non-hydrogen) atoms. The van der Waals surface area contributed by atoms with Crippen LogP contribution in [0.4, 0.5) is 5.69 Å². The number of hydrogen-bond donors (Lipinski definition) is 1. The van der Waals surface area contributed by atoms with Crippen LogP contribution in [0.5, 0.6) is 5.75 Å². The van der Waals surface area contributed by atoms with E-state index in [-0.39, 0.29) is 5.91 Å². The van der Waals surface area contributed by atoms with Crippen molar-refractivity contribution < 1.29 is 13.9 Å². The molecule has 1 aromatic heterocycles. The van der Waals surface area contributed by atoms with Gasteiger partial charge in [0.05, 0.1) is 19.1 Å². The predicted molar refractivity (Wildman–Crippen MR) is 100 cm³/mol. The Morgan fingerprint density at radius 1 is 1.20 bits per heavy atom. The first-order valence-electron chi connectivity index (χ1n) is 8.12. The van der Waals surface area contributed by atoms with Gasteiger partial charge in [0.2, 0.25) is 0 Å². The van der Waals surface area contributed by atoms with E-state index in [2.05, 4.69) is 10.2 Å². The number of carbonyl (C=O) groups excluding carboxylic acids is 1. The highest BCUT2D eigenvalue weighted by Gasteiger charge is 2.25. The summed E-state index contributed by atoms with van der Waals surface area (Å²) >= 11 is 5.53. The number of methoxy groups -OCH3 is 1. The van der Waals surface area contributed by atoms with Crippen LogP contribution < -0.4 is 10.1 Å². The zero-order chi connectivity index (χ0) is 17.8. The van der Waals surface area contributed by atoms with Crippen LogP contribution in [-0.2, 0) is 0 Å². The first-order valence-corrected chi connectivity index (χ1v) is 8.52. The third-order valence-electron chi connectivity index (χ3n) is 4.18. The van der Waals surface area contributed by atoms with Crippen LogP contribution >= 0.6 is 12.2 Å². The van der Waals surface area contributed by atoms with Gasteiger partial charge in [-0.1, -0.05) is 6.07 Å². The van der Waals surface area contributed by atoms with E-state index in [1.54, 1.807) is 24.1 Å². The van der Waals surface area contributed by atoms with Crippen molar-refractivity contribution in [3.63, 3.8) is 0 Å². The van der Waals surface area contributed by atoms with Crippen molar-refractivity contribution >= 4 is 28.9 Å². The maximum absolute atomic E-state index is 12.3. The van der Waals surface area contributed by atoms with E-state index in [1.165, 1.54) is 6.26 Å². The first kappa shape index (κ1) is 17.3. The average molecular weight is 359 g/mol. The zero-order valence-electron chi connectivity index (χ0n) is 14.3. The number of carbonyl (C=O) groups is 1. The molecule has 2 heterocycles. The zero-order valence-corrected chi connectivity index (χ0v) is 15.1. The monoisotopic (exact) mass is 359 g/mol. The first-order chi connectivity index (χ1) is 12.1. The molecule has 0 unspecified atom stereocenters. The van der Waals surface area contributed by atoms with Crippen molar-refractivity contribution in [3.05, 3.63) is 47.9 Å². The van der Waals surface area contributed by atoms with E-state index >= 15 is 0 Å². The van der Waals surface area contributed by atoms with Gasteiger partial charge in [-0.05, 0) is 49.0 Å². The van der Waals surface area contributed by atoms with Gasteiger partial charge in [-0.25, -0.2) is 0 Å². The maximum Gasteiger partial charge on any atom is 0.289 e. The predicted octanol–water partition coefficient (Wildman–Crippen LogP) is 2.75. The summed E-state index contributed by atoms with van der Waals surface area (Å²) in [7, 11) is 1.64. The summed E-state index contributed by atoms with van der Waals surface area (Å²) in [5.41, 5.74) is 1.97. The molecule has 132 valence electrons. The molecule has 0 atom stereocenters. The highest BCUT2D eigenvalue weighted by molar-refractivity contribution is 7.80. The molecule has 1 N–H and O–H groups in total. The molecular weight excluding hydrogens is 338 g/mol. The minimum Gasteiger partial charge on any atom is -0.495 e. The van der Waals surface area contributed by atoms with Crippen LogP contribution in [0.3, 0.4) is 0 Å². The van der Waals surface area contributed by atoms with E-state index in [9.17, 15) is 4.79 Å². The molecule has 3 rings (SSSR count). The van der Waals surface area contributed by atoms with Gasteiger partial charge >= 0.3 is 0 Å². The molecule has 1 amide bonds. The van der Waals surface area contributed by atoms with Crippen LogP contribution in [0.15, 0.2) is 41.0 Å². The number of ether oxygens (including phenoxy) is 1. The van der Waals surface area contributed by atoms with Gasteiger partial charge < -0.3 is 24.3 Å². The number of piperazine rings is 1. The number of amides is 1. The topological polar surface area (TPSA) is 58.0 Å². The SMILES string of the molecule is COc1ccc(C)cc1NC(=S)N1CCN(C(=O)c2ccco2)CC1. The second-order valence-corrected chi connectivity index (χ2v) is 6.28. The third kappa shape index (κ3) is 3.93. The highest BCUT2D eigenvalue weighted by Crippen LogP contribution is 2.25. The van der Waals surface area contributed by atoms with Crippen molar-refractivity contribution in [2.24, 2.45) is 0 Å². The third-order valence-corrected chi connectivity index (χ3v) is 4.54. The molecule has 0 bridgehead atoms. The number of aryl methyl sites for hydroxylation is 1. The van der Waals surface area contributed by atoms with Gasteiger partial charge in [-0.3, -0.25) is 4.79 Å². The number of benzene rings is 1. The average Bonchev–Trinajstić information content (AvgIpc) is 3.16. The minimum atomic E-state index is -0.0797. The Balaban J connectivity index is 1.59. The van der Waals surface area contributed by atoms with Gasteiger partial charge in [0, 0.05) is 26.2 Å². The number of hydrogen-bond acceptors (Lipinski definition) is 4. The quantitative estimate of drug-likeness (QED) is 0.851. The number of furan rings is 1. The summed E-state index contributed by atoms with van der Waals surface area (Å²) in [4.78, 5) is 16.1. The van der Waals surface area contributed by atoms with Gasteiger partial charge in [0.1, 0.15) is 5.75 Å². The molecule has 0 radical (unpaired) electrons. The minimum absolute atomic E-state index is 0.0797. The molecule has 2 aromatic rings. The van der Waals surface area contributed by atoms with Crippen molar-refractivity contribution in [2.45, 2.75) is 6.92 Å². The number of anilines is 1. The van der Waals surface area contributed by atoms with Gasteiger partial charge in [-0.2, -0.15) is 0 Å². The largest absolute Gasteiger partial charge is 0.495 e. The van der Waals surface area contributed by atoms with Gasteiger partial charge in [0.25, 0.3) is 5.91 Å². The fourth-order valence-electron chi connectivity index (χ4n) is 2.78. The molecule has 6 nitrogen and oxygen atoms in total. The standard InChI is InChI=1S/C18H21N3O3S/c1-13-5-6-15(23-2)14(12-13)19-18(25)21-9-7-20(8-10-21)17(22)16-4-3-11-24-16/h3-6,11-12H,7-10H2,1-2H3,(H,19,25). The second-order valence-electron chi connectivity index (χ2n) is 5.89. The number of nitrogens with zero attached hydrogens (tertiary/aromatic N) is 2. The number of nitrogens with one attached hydrogen (secondary N) is 1. The van der Waals surface area contributed by atoms with Gasteiger partial charge in [0.15, 0.2) is 10.9 Å². The summed E-state index contributed by atoms with van der Waals surface area (Å²) in [6.07, 6.45) is 1.51. The van der Waals surface area contributed by atoms with E-state index in [0.29, 0.717) is 37.1 Å². The van der Waals surface area contributed by atoms with Crippen LogP contribution in [0, 0.1) is 6.92 Å². The Morgan fingerprint density at radius 2 is 1.92 bits per heavy atom. The Labute approximate surface area is 152 Å². The normalized spacial score (nSPS) is 14.3. The Morgan fingerprint density at radius 3 is 2.56 bits per heavy atom. The second kappa shape index (κ2) is 7.57. The molecular formula is C18H21N3O3S. The summed E-state index contributed by atoms with van der Waals surface area (Å²) in [5, 5.41) is 3.89. The van der Waals surface area contributed by atoms with Crippen LogP contribution in [-0.4, -0.2) is 54.1 Å². The lowest BCUT2D eigenvalue weighted by molar-refractivity contribution is 0.0661. The fourth-order valence-corrected chi connectivity index (χ4v) is 3.08. The summed E-state index contributed by atoms with van der Waals surface area (Å²) in [6, 6.07) is 9.32. The molecule has 0 saturated carbocycles. The lowest BCUT2D eigenvalue weighted by atomic mass is 10.2. The number of thiocarbonyl (C=S) groups is 1. The molecule has 1 saturated heterocycles. The molecule has 1 aliphatic rings. The maximum atomic E-state index is 12.3. The Bertz CT molecular complexity index is 753.